The summed E-state index contributed by atoms with van der Waals surface area (Å²) < 4.78 is 0. The Morgan fingerprint density at radius 1 is 1.59 bits per heavy atom. The number of hydrogen-bond acceptors (Lipinski definition) is 4. The van der Waals surface area contributed by atoms with E-state index in [1.54, 1.807) is 13.3 Å². The van der Waals surface area contributed by atoms with Gasteiger partial charge >= 0.3 is 0 Å². The monoisotopic (exact) mass is 240 g/mol. The first-order valence-corrected chi connectivity index (χ1v) is 6.35. The van der Waals surface area contributed by atoms with Gasteiger partial charge in [-0.2, -0.15) is 0 Å². The first-order valence-electron chi connectivity index (χ1n) is 6.35. The van der Waals surface area contributed by atoms with Crippen LogP contribution in [0.15, 0.2) is 5.16 Å². The first-order chi connectivity index (χ1) is 8.07. The topological polar surface area (TPSA) is 41.9 Å². The molecule has 0 aromatic heterocycles. The Morgan fingerprint density at radius 3 is 2.88 bits per heavy atom. The van der Waals surface area contributed by atoms with Crippen LogP contribution < -0.4 is 0 Å². The fraction of sp³-hybridized carbons (Fsp3) is 0.846. The summed E-state index contributed by atoms with van der Waals surface area (Å²) in [5.41, 5.74) is 0. The van der Waals surface area contributed by atoms with Gasteiger partial charge in [0.15, 0.2) is 0 Å². The third kappa shape index (κ3) is 3.80. The summed E-state index contributed by atoms with van der Waals surface area (Å²) in [4.78, 5) is 18.8. The molecular weight excluding hydrogens is 216 g/mol. The van der Waals surface area contributed by atoms with Crippen LogP contribution in [-0.2, 0) is 9.63 Å². The molecule has 0 radical (unpaired) electrons. The van der Waals surface area contributed by atoms with Crippen LogP contribution in [0.3, 0.4) is 0 Å². The normalized spacial score (nSPS) is 26.1. The molecule has 0 amide bonds. The SMILES string of the molecule is CO/N=C/C[C@@H](C)C(C)[C@H]1C(=O)CCCN1C. The van der Waals surface area contributed by atoms with Crippen LogP contribution in [0.25, 0.3) is 0 Å². The van der Waals surface area contributed by atoms with Crippen molar-refractivity contribution in [2.24, 2.45) is 17.0 Å². The van der Waals surface area contributed by atoms with Crippen LogP contribution in [0.5, 0.6) is 0 Å². The predicted octanol–water partition coefficient (Wildman–Crippen LogP) is 1.94. The molecule has 3 atom stereocenters. The lowest BCUT2D eigenvalue weighted by Gasteiger charge is -2.37. The van der Waals surface area contributed by atoms with Gasteiger partial charge in [0.2, 0.25) is 0 Å². The van der Waals surface area contributed by atoms with E-state index in [-0.39, 0.29) is 6.04 Å². The zero-order chi connectivity index (χ0) is 12.8. The lowest BCUT2D eigenvalue weighted by Crippen LogP contribution is -2.48. The van der Waals surface area contributed by atoms with Crippen LogP contribution in [0.1, 0.15) is 33.1 Å². The first kappa shape index (κ1) is 14.2. The van der Waals surface area contributed by atoms with Crippen LogP contribution in [0.2, 0.25) is 0 Å². The number of hydrogen-bond donors (Lipinski definition) is 0. The van der Waals surface area contributed by atoms with E-state index < -0.39 is 0 Å². The minimum absolute atomic E-state index is 0.0784. The molecule has 1 rings (SSSR count). The number of likely N-dealkylation sites (tertiary alicyclic amines) is 1. The number of oxime groups is 1. The van der Waals surface area contributed by atoms with E-state index in [4.69, 9.17) is 0 Å². The maximum Gasteiger partial charge on any atom is 0.150 e. The Kier molecular flexibility index (Phi) is 5.62. The molecule has 4 heteroatoms. The van der Waals surface area contributed by atoms with E-state index in [0.29, 0.717) is 17.6 Å². The Balaban J connectivity index is 2.57. The highest BCUT2D eigenvalue weighted by Gasteiger charge is 2.33. The van der Waals surface area contributed by atoms with Crippen molar-refractivity contribution in [3.63, 3.8) is 0 Å². The van der Waals surface area contributed by atoms with Crippen molar-refractivity contribution in [3.8, 4) is 0 Å². The fourth-order valence-corrected chi connectivity index (χ4v) is 2.54. The summed E-state index contributed by atoms with van der Waals surface area (Å²) in [7, 11) is 3.59. The largest absolute Gasteiger partial charge is 0.399 e. The molecule has 1 aliphatic rings. The second-order valence-corrected chi connectivity index (χ2v) is 5.04. The minimum Gasteiger partial charge on any atom is -0.399 e. The van der Waals surface area contributed by atoms with Crippen molar-refractivity contribution in [1.29, 1.82) is 0 Å². The van der Waals surface area contributed by atoms with Crippen molar-refractivity contribution < 1.29 is 9.63 Å². The van der Waals surface area contributed by atoms with E-state index in [1.165, 1.54) is 0 Å². The van der Waals surface area contributed by atoms with Crippen LogP contribution in [0, 0.1) is 11.8 Å². The van der Waals surface area contributed by atoms with Gasteiger partial charge in [0, 0.05) is 12.6 Å². The highest BCUT2D eigenvalue weighted by Crippen LogP contribution is 2.26. The van der Waals surface area contributed by atoms with Crippen molar-refractivity contribution in [1.82, 2.24) is 4.90 Å². The summed E-state index contributed by atoms with van der Waals surface area (Å²) >= 11 is 0. The number of carbonyl (C=O) groups is 1. The predicted molar refractivity (Wildman–Crippen MR) is 69.1 cm³/mol. The van der Waals surface area contributed by atoms with E-state index in [9.17, 15) is 4.79 Å². The maximum absolute atomic E-state index is 12.0. The van der Waals surface area contributed by atoms with Gasteiger partial charge in [0.05, 0.1) is 6.04 Å². The average Bonchev–Trinajstić information content (AvgIpc) is 2.28. The number of carbonyl (C=O) groups excluding carboxylic acids is 1. The molecule has 0 aliphatic carbocycles. The molecule has 0 spiro atoms. The van der Waals surface area contributed by atoms with Crippen molar-refractivity contribution in [2.75, 3.05) is 20.7 Å². The van der Waals surface area contributed by atoms with Crippen molar-refractivity contribution in [2.45, 2.75) is 39.2 Å². The fourth-order valence-electron chi connectivity index (χ4n) is 2.54. The molecule has 0 aromatic carbocycles. The van der Waals surface area contributed by atoms with E-state index in [1.807, 2.05) is 7.05 Å². The average molecular weight is 240 g/mol. The summed E-state index contributed by atoms with van der Waals surface area (Å²) in [6.45, 7) is 5.36. The van der Waals surface area contributed by atoms with Gasteiger partial charge < -0.3 is 4.84 Å². The van der Waals surface area contributed by atoms with Gasteiger partial charge in [0.25, 0.3) is 0 Å². The van der Waals surface area contributed by atoms with Gasteiger partial charge in [-0.3, -0.25) is 9.69 Å². The number of Topliss-reactive ketones (excluding diaryl/α,β-unsaturated/α-hetero) is 1. The van der Waals surface area contributed by atoms with E-state index >= 15 is 0 Å². The Labute approximate surface area is 104 Å². The molecule has 1 saturated heterocycles. The summed E-state index contributed by atoms with van der Waals surface area (Å²) in [6, 6.07) is 0.0784. The Hall–Kier alpha value is -0.900. The zero-order valence-corrected chi connectivity index (χ0v) is 11.3. The van der Waals surface area contributed by atoms with Crippen molar-refractivity contribution >= 4 is 12.0 Å². The summed E-state index contributed by atoms with van der Waals surface area (Å²) in [5, 5.41) is 3.75. The molecule has 1 fully saturated rings. The molecule has 0 bridgehead atoms. The van der Waals surface area contributed by atoms with Gasteiger partial charge in [-0.05, 0) is 38.3 Å². The van der Waals surface area contributed by atoms with E-state index in [0.717, 1.165) is 25.8 Å². The highest BCUT2D eigenvalue weighted by molar-refractivity contribution is 5.85. The third-order valence-corrected chi connectivity index (χ3v) is 3.79. The molecule has 0 aromatic rings. The standard InChI is InChI=1S/C13H24N2O2/c1-10(7-8-14-17-4)11(2)13-12(16)6-5-9-15(13)3/h8,10-11,13H,5-7,9H2,1-4H3/b14-8+/t10-,11?,13+/m1/s1. The van der Waals surface area contributed by atoms with Gasteiger partial charge in [-0.1, -0.05) is 19.0 Å². The van der Waals surface area contributed by atoms with Gasteiger partial charge in [0.1, 0.15) is 12.9 Å². The molecule has 1 heterocycles. The highest BCUT2D eigenvalue weighted by atomic mass is 16.6. The summed E-state index contributed by atoms with van der Waals surface area (Å²) in [5.74, 6) is 1.18. The van der Waals surface area contributed by atoms with Crippen molar-refractivity contribution in [3.05, 3.63) is 0 Å². The Morgan fingerprint density at radius 2 is 2.29 bits per heavy atom. The van der Waals surface area contributed by atoms with E-state index in [2.05, 4.69) is 28.7 Å². The number of ketones is 1. The third-order valence-electron chi connectivity index (χ3n) is 3.79. The quantitative estimate of drug-likeness (QED) is 0.545. The van der Waals surface area contributed by atoms with Crippen LogP contribution in [-0.4, -0.2) is 43.6 Å². The molecule has 1 aliphatic heterocycles. The molecular formula is C13H24N2O2. The zero-order valence-electron chi connectivity index (χ0n) is 11.3. The molecule has 4 nitrogen and oxygen atoms in total. The smallest absolute Gasteiger partial charge is 0.150 e. The maximum atomic E-state index is 12.0. The number of nitrogens with zero attached hydrogens (tertiary/aromatic N) is 2. The van der Waals surface area contributed by atoms with Gasteiger partial charge in [-0.25, -0.2) is 0 Å². The number of rotatable bonds is 5. The van der Waals surface area contributed by atoms with Crippen LogP contribution >= 0.6 is 0 Å². The molecule has 1 unspecified atom stereocenters. The molecule has 0 saturated carbocycles. The molecule has 98 valence electrons. The second kappa shape index (κ2) is 6.74. The second-order valence-electron chi connectivity index (χ2n) is 5.04. The van der Waals surface area contributed by atoms with Crippen LogP contribution in [0.4, 0.5) is 0 Å². The summed E-state index contributed by atoms with van der Waals surface area (Å²) in [6.07, 6.45) is 4.37. The molecule has 0 N–H and O–H groups in total. The lowest BCUT2D eigenvalue weighted by atomic mass is 9.81. The minimum atomic E-state index is 0.0784. The van der Waals surface area contributed by atoms with Gasteiger partial charge in [-0.15, -0.1) is 0 Å². The molecule has 17 heavy (non-hydrogen) atoms. The lowest BCUT2D eigenvalue weighted by molar-refractivity contribution is -0.128. The number of likely N-dealkylation sites (N-methyl/N-ethyl adjacent to an activating group) is 1. The number of piperidine rings is 1. The Bertz CT molecular complexity index is 279.